The molecule has 50 heavy (non-hydrogen) atoms. The summed E-state index contributed by atoms with van der Waals surface area (Å²) >= 11 is 0. The number of hydrogen-bond donors (Lipinski definition) is 3. The predicted molar refractivity (Wildman–Crippen MR) is 183 cm³/mol. The number of alkyl carbamates (subject to hydrolysis) is 1. The highest BCUT2D eigenvalue weighted by Gasteiger charge is 2.64. The van der Waals surface area contributed by atoms with Crippen LogP contribution in [0, 0.1) is 17.3 Å². The summed E-state index contributed by atoms with van der Waals surface area (Å²) < 4.78 is 54.7. The fraction of sp³-hybridized carbons (Fsp3) is 0.694. The number of alkyl halides is 3. The summed E-state index contributed by atoms with van der Waals surface area (Å²) in [5, 5.41) is 12.2. The summed E-state index contributed by atoms with van der Waals surface area (Å²) in [7, 11) is 1.52. The Morgan fingerprint density at radius 2 is 1.84 bits per heavy atom. The van der Waals surface area contributed by atoms with Gasteiger partial charge in [0, 0.05) is 18.5 Å². The highest BCUT2D eigenvalue weighted by Crippen LogP contribution is 2.51. The molecule has 0 bridgehead atoms. The third-order valence-electron chi connectivity index (χ3n) is 9.91. The number of likely N-dealkylation sites (tertiary alicyclic amines) is 1. The van der Waals surface area contributed by atoms with Crippen LogP contribution in [-0.4, -0.2) is 75.5 Å². The molecule has 2 amide bonds. The van der Waals surface area contributed by atoms with Crippen LogP contribution in [0.2, 0.25) is 0 Å². The van der Waals surface area contributed by atoms with Crippen molar-refractivity contribution in [2.24, 2.45) is 17.3 Å². The fourth-order valence-corrected chi connectivity index (χ4v) is 7.24. The molecule has 280 valence electrons. The molecule has 1 aliphatic heterocycles. The maximum atomic E-state index is 14.7. The van der Waals surface area contributed by atoms with Crippen LogP contribution < -0.4 is 15.6 Å². The molecule has 1 aromatic heterocycles. The number of H-pyrrole nitrogens is 1. The number of carboxylic acid groups (broad SMARTS) is 1. The number of hydrogen-bond acceptors (Lipinski definition) is 7. The zero-order valence-electron chi connectivity index (χ0n) is 30.2. The molecule has 2 fully saturated rings. The van der Waals surface area contributed by atoms with E-state index in [4.69, 9.17) is 9.47 Å². The van der Waals surface area contributed by atoms with E-state index in [-0.39, 0.29) is 37.3 Å². The molecule has 4 unspecified atom stereocenters. The lowest BCUT2D eigenvalue weighted by Gasteiger charge is -2.39. The maximum absolute atomic E-state index is 14.7. The van der Waals surface area contributed by atoms with Crippen molar-refractivity contribution in [1.29, 1.82) is 0 Å². The smallest absolute Gasteiger partial charge is 0.428 e. The van der Waals surface area contributed by atoms with E-state index in [0.717, 1.165) is 0 Å². The van der Waals surface area contributed by atoms with Gasteiger partial charge in [0.15, 0.2) is 0 Å². The minimum absolute atomic E-state index is 0.155. The van der Waals surface area contributed by atoms with Gasteiger partial charge in [-0.15, -0.1) is 0 Å². The number of amides is 2. The summed E-state index contributed by atoms with van der Waals surface area (Å²) in [6.07, 6.45) is -3.15. The van der Waals surface area contributed by atoms with E-state index in [1.54, 1.807) is 39.0 Å². The first-order valence-corrected chi connectivity index (χ1v) is 17.7. The van der Waals surface area contributed by atoms with E-state index in [2.05, 4.69) is 15.3 Å². The van der Waals surface area contributed by atoms with Gasteiger partial charge in [0.25, 0.3) is 5.56 Å². The second kappa shape index (κ2) is 16.9. The van der Waals surface area contributed by atoms with Gasteiger partial charge in [0.1, 0.15) is 23.5 Å². The number of fused-ring (bicyclic) bond motifs is 1. The Kier molecular flexibility index (Phi) is 13.7. The number of ether oxygens (including phenoxy) is 2. The van der Waals surface area contributed by atoms with Gasteiger partial charge in [-0.1, -0.05) is 60.8 Å². The Balaban J connectivity index is 0.00000332. The fourth-order valence-electron chi connectivity index (χ4n) is 7.24. The Morgan fingerprint density at radius 1 is 1.14 bits per heavy atom. The third kappa shape index (κ3) is 9.08. The topological polar surface area (TPSA) is 151 Å². The monoisotopic (exact) mass is 710 g/mol. The van der Waals surface area contributed by atoms with Crippen molar-refractivity contribution < 1.29 is 42.1 Å². The molecule has 1 saturated heterocycles. The summed E-state index contributed by atoms with van der Waals surface area (Å²) in [6.45, 7) is 11.0. The number of rotatable bonds is 12. The Morgan fingerprint density at radius 3 is 2.44 bits per heavy atom. The maximum Gasteiger partial charge on any atom is 0.428 e. The van der Waals surface area contributed by atoms with E-state index >= 15 is 0 Å². The minimum Gasteiger partial charge on any atom is -0.497 e. The summed E-state index contributed by atoms with van der Waals surface area (Å²) in [5.41, 5.74) is -2.51. The van der Waals surface area contributed by atoms with Gasteiger partial charge in [-0.2, -0.15) is 13.2 Å². The average molecular weight is 711 g/mol. The quantitative estimate of drug-likeness (QED) is 0.199. The van der Waals surface area contributed by atoms with Crippen molar-refractivity contribution in [1.82, 2.24) is 20.2 Å². The number of carboxylic acids is 1. The SMILES string of the molecule is CC.CCC1CCN(C(=O)[C@@H](NC(=O)OC2(C(F)(F)F)CCCC2CCCCCc2nc3ccc(OC)cc3[nH]c2=O)C(C)(C)C)C1C(=O)O. The molecule has 2 aromatic rings. The van der Waals surface area contributed by atoms with E-state index in [1.807, 2.05) is 20.8 Å². The number of aryl methyl sites for hydroxylation is 1. The lowest BCUT2D eigenvalue weighted by atomic mass is 9.85. The van der Waals surface area contributed by atoms with Crippen LogP contribution in [0.5, 0.6) is 5.75 Å². The normalized spacial score (nSPS) is 22.8. The average Bonchev–Trinajstić information content (AvgIpc) is 3.68. The molecular formula is C36H53F3N4O7. The van der Waals surface area contributed by atoms with Crippen molar-refractivity contribution in [2.45, 2.75) is 130 Å². The van der Waals surface area contributed by atoms with Gasteiger partial charge in [-0.25, -0.2) is 14.6 Å². The van der Waals surface area contributed by atoms with Gasteiger partial charge in [-0.3, -0.25) is 9.59 Å². The zero-order chi connectivity index (χ0) is 37.4. The van der Waals surface area contributed by atoms with Gasteiger partial charge in [0.2, 0.25) is 11.5 Å². The van der Waals surface area contributed by atoms with Crippen molar-refractivity contribution >= 4 is 29.0 Å². The summed E-state index contributed by atoms with van der Waals surface area (Å²) in [4.78, 5) is 59.9. The second-order valence-electron chi connectivity index (χ2n) is 14.1. The van der Waals surface area contributed by atoms with E-state index in [1.165, 1.54) is 12.0 Å². The van der Waals surface area contributed by atoms with Crippen molar-refractivity contribution in [3.05, 3.63) is 34.2 Å². The van der Waals surface area contributed by atoms with Gasteiger partial charge in [-0.05, 0) is 68.4 Å². The van der Waals surface area contributed by atoms with Crippen LogP contribution >= 0.6 is 0 Å². The molecule has 0 radical (unpaired) electrons. The van der Waals surface area contributed by atoms with Gasteiger partial charge < -0.3 is 29.8 Å². The van der Waals surface area contributed by atoms with Crippen molar-refractivity contribution in [2.75, 3.05) is 13.7 Å². The number of benzene rings is 1. The molecule has 0 spiro atoms. The van der Waals surface area contributed by atoms with Crippen molar-refractivity contribution in [3.63, 3.8) is 0 Å². The van der Waals surface area contributed by atoms with E-state index in [9.17, 15) is 37.5 Å². The van der Waals surface area contributed by atoms with Crippen LogP contribution in [0.3, 0.4) is 0 Å². The number of carbonyl (C=O) groups excluding carboxylic acids is 2. The first kappa shape index (κ1) is 40.6. The van der Waals surface area contributed by atoms with Crippen molar-refractivity contribution in [3.8, 4) is 5.75 Å². The number of unbranched alkanes of at least 4 members (excludes halogenated alkanes) is 2. The lowest BCUT2D eigenvalue weighted by molar-refractivity contribution is -0.271. The van der Waals surface area contributed by atoms with Gasteiger partial charge in [0.05, 0.1) is 18.1 Å². The molecule has 3 N–H and O–H groups in total. The van der Waals surface area contributed by atoms with E-state index in [0.29, 0.717) is 61.0 Å². The number of nitrogens with zero attached hydrogens (tertiary/aromatic N) is 2. The largest absolute Gasteiger partial charge is 0.497 e. The van der Waals surface area contributed by atoms with Crippen LogP contribution in [0.25, 0.3) is 11.0 Å². The third-order valence-corrected chi connectivity index (χ3v) is 9.91. The van der Waals surface area contributed by atoms with Crippen LogP contribution in [-0.2, 0) is 20.7 Å². The molecule has 1 aromatic carbocycles. The van der Waals surface area contributed by atoms with Crippen LogP contribution in [0.15, 0.2) is 23.0 Å². The first-order chi connectivity index (χ1) is 23.5. The highest BCUT2D eigenvalue weighted by atomic mass is 19.4. The second-order valence-corrected chi connectivity index (χ2v) is 14.1. The Hall–Kier alpha value is -3.84. The Bertz CT molecular complexity index is 1540. The number of methoxy groups -OCH3 is 1. The molecule has 11 nitrogen and oxygen atoms in total. The molecule has 2 heterocycles. The number of aliphatic carboxylic acids is 1. The standard InChI is InChI=1S/C34H47F3N4O7.C2H6/c1-6-20-16-18-41(26(20)30(44)45)29(43)27(32(2,3)4)40-31(46)48-33(34(35,36)37)17-10-12-21(33)11-8-7-9-13-24-28(42)39-25-19-22(47-5)14-15-23(25)38-24;1-2/h14-15,19-21,26-27H,6-13,16-18H2,1-5H3,(H,39,42)(H,40,46)(H,44,45);1-2H3/t20?,21?,26?,27-,33?;/m1./s1. The van der Waals surface area contributed by atoms with Gasteiger partial charge >= 0.3 is 18.2 Å². The molecular weight excluding hydrogens is 657 g/mol. The number of aromatic amines is 1. The van der Waals surface area contributed by atoms with E-state index < -0.39 is 59.6 Å². The molecule has 4 rings (SSSR count). The van der Waals surface area contributed by atoms with Crippen LogP contribution in [0.1, 0.15) is 105 Å². The van der Waals surface area contributed by atoms with Crippen LogP contribution in [0.4, 0.5) is 18.0 Å². The number of halogens is 3. The molecule has 2 aliphatic rings. The number of nitrogens with one attached hydrogen (secondary N) is 2. The highest BCUT2D eigenvalue weighted by molar-refractivity contribution is 5.90. The predicted octanol–water partition coefficient (Wildman–Crippen LogP) is 7.01. The molecule has 1 saturated carbocycles. The zero-order valence-corrected chi connectivity index (χ0v) is 30.2. The summed E-state index contributed by atoms with van der Waals surface area (Å²) in [5.74, 6) is -2.48. The lowest BCUT2D eigenvalue weighted by Crippen LogP contribution is -2.59. The Labute approximate surface area is 291 Å². The number of aromatic nitrogens is 2. The summed E-state index contributed by atoms with van der Waals surface area (Å²) in [6, 6.07) is 2.77. The molecule has 5 atom stereocenters. The molecule has 1 aliphatic carbocycles. The number of carbonyl (C=O) groups is 3. The first-order valence-electron chi connectivity index (χ1n) is 17.7. The molecule has 14 heteroatoms. The minimum atomic E-state index is -4.85.